The molecule has 0 aliphatic heterocycles. The van der Waals surface area contributed by atoms with Crippen molar-refractivity contribution in [2.75, 3.05) is 0 Å². The highest BCUT2D eigenvalue weighted by Gasteiger charge is 2.23. The molecule has 17 aromatic carbocycles. The van der Waals surface area contributed by atoms with Crippen molar-refractivity contribution in [1.29, 1.82) is 0 Å². The number of nitrogens with zero attached hydrogens (tertiary/aromatic N) is 6. The minimum absolute atomic E-state index is 0.682. The van der Waals surface area contributed by atoms with E-state index in [2.05, 4.69) is 352 Å². The van der Waals surface area contributed by atoms with Crippen LogP contribution in [0.2, 0.25) is 0 Å². The number of hydrogen-bond acceptors (Lipinski definition) is 8. The van der Waals surface area contributed by atoms with Crippen LogP contribution in [-0.4, -0.2) is 29.9 Å². The summed E-state index contributed by atoms with van der Waals surface area (Å²) in [6.07, 6.45) is 0. The van der Waals surface area contributed by atoms with E-state index >= 15 is 0 Å². The fraction of sp³-hybridized carbons (Fsp3) is 0. The molecule has 6 aromatic heterocycles. The van der Waals surface area contributed by atoms with E-state index in [0.29, 0.717) is 11.6 Å². The zero-order chi connectivity index (χ0) is 76.6. The lowest BCUT2D eigenvalue weighted by atomic mass is 9.92. The third-order valence-corrected chi connectivity index (χ3v) is 25.0. The minimum Gasteiger partial charge on any atom is -0.247 e. The topological polar surface area (TPSA) is 77.3 Å². The first kappa shape index (κ1) is 68.0. The Labute approximate surface area is 677 Å². The van der Waals surface area contributed by atoms with E-state index in [1.54, 1.807) is 0 Å². The van der Waals surface area contributed by atoms with Crippen molar-refractivity contribution in [2.45, 2.75) is 0 Å². The summed E-state index contributed by atoms with van der Waals surface area (Å²) in [5, 5.41) is 17.3. The van der Waals surface area contributed by atoms with Crippen molar-refractivity contribution in [3.8, 4) is 124 Å². The lowest BCUT2D eigenvalue weighted by Gasteiger charge is -2.13. The van der Waals surface area contributed by atoms with Gasteiger partial charge in [-0.15, -0.1) is 22.7 Å². The molecular formula is C108H66N6S2. The molecule has 0 saturated carbocycles. The van der Waals surface area contributed by atoms with Gasteiger partial charge in [-0.1, -0.05) is 340 Å². The summed E-state index contributed by atoms with van der Waals surface area (Å²) in [5.41, 5.74) is 22.9. The van der Waals surface area contributed by atoms with E-state index < -0.39 is 0 Å². The van der Waals surface area contributed by atoms with E-state index in [1.165, 1.54) is 128 Å². The molecule has 6 heterocycles. The number of hydrogen-bond donors (Lipinski definition) is 0. The Hall–Kier alpha value is -14.8. The molecule has 0 radical (unpaired) electrons. The molecule has 23 aromatic rings. The smallest absolute Gasteiger partial charge is 0.160 e. The van der Waals surface area contributed by atoms with Gasteiger partial charge in [-0.05, 0) is 137 Å². The highest BCUT2D eigenvalue weighted by Crippen LogP contribution is 2.48. The Balaban J connectivity index is 0.000000141. The van der Waals surface area contributed by atoms with E-state index in [9.17, 15) is 0 Å². The Kier molecular flexibility index (Phi) is 16.9. The van der Waals surface area contributed by atoms with Crippen LogP contribution in [0, 0.1) is 0 Å². The van der Waals surface area contributed by atoms with Crippen molar-refractivity contribution in [2.24, 2.45) is 0 Å². The van der Waals surface area contributed by atoms with Crippen LogP contribution in [0.15, 0.2) is 400 Å². The summed E-state index contributed by atoms with van der Waals surface area (Å²) < 4.78 is 5.01. The van der Waals surface area contributed by atoms with Crippen molar-refractivity contribution in [3.05, 3.63) is 400 Å². The van der Waals surface area contributed by atoms with Crippen LogP contribution < -0.4 is 0 Å². The number of fused-ring (bicyclic) bond motifs is 16. The molecule has 0 saturated heterocycles. The summed E-state index contributed by atoms with van der Waals surface area (Å²) in [6, 6.07) is 142. The molecule has 0 amide bonds. The quantitative estimate of drug-likeness (QED) is 0.120. The lowest BCUT2D eigenvalue weighted by molar-refractivity contribution is 1.18. The first-order chi connectivity index (χ1) is 57.5. The van der Waals surface area contributed by atoms with Gasteiger partial charge in [0.05, 0.1) is 45.2 Å². The minimum atomic E-state index is 0.682. The second-order valence-electron chi connectivity index (χ2n) is 29.5. The molecule has 6 nitrogen and oxygen atoms in total. The van der Waals surface area contributed by atoms with Gasteiger partial charge in [0.2, 0.25) is 0 Å². The lowest BCUT2D eigenvalue weighted by Crippen LogP contribution is -1.96. The number of aromatic nitrogens is 6. The van der Waals surface area contributed by atoms with Crippen molar-refractivity contribution >= 4 is 128 Å². The zero-order valence-corrected chi connectivity index (χ0v) is 64.2. The number of rotatable bonds is 11. The third kappa shape index (κ3) is 12.3. The Bertz CT molecular complexity index is 7720. The fourth-order valence-corrected chi connectivity index (χ4v) is 19.3. The van der Waals surface area contributed by atoms with E-state index in [4.69, 9.17) is 29.9 Å². The summed E-state index contributed by atoms with van der Waals surface area (Å²) in [6.45, 7) is 0. The first-order valence-electron chi connectivity index (χ1n) is 39.1. The maximum Gasteiger partial charge on any atom is 0.160 e. The second kappa shape index (κ2) is 28.7. The van der Waals surface area contributed by atoms with Crippen molar-refractivity contribution in [3.63, 3.8) is 0 Å². The maximum absolute atomic E-state index is 5.46. The molecule has 8 heteroatoms. The van der Waals surface area contributed by atoms with Crippen LogP contribution in [0.25, 0.3) is 229 Å². The zero-order valence-electron chi connectivity index (χ0n) is 62.6. The van der Waals surface area contributed by atoms with Gasteiger partial charge in [-0.25, -0.2) is 29.9 Å². The summed E-state index contributed by atoms with van der Waals surface area (Å²) in [4.78, 5) is 31.3. The van der Waals surface area contributed by atoms with Crippen LogP contribution in [0.4, 0.5) is 0 Å². The van der Waals surface area contributed by atoms with Crippen LogP contribution in [0.1, 0.15) is 0 Å². The molecule has 0 N–H and O–H groups in total. The largest absolute Gasteiger partial charge is 0.247 e. The number of pyridine rings is 2. The molecule has 23 rings (SSSR count). The molecule has 540 valence electrons. The SMILES string of the molecule is c1ccc(-c2cc(-c3ccccc3)nc(-c3ccc(-c4nc5ccc(-c6cc7ccccc7c7ccccc67)cc5c5sc6ccccc6c45)cc3)n2)cc1.c1ccc(-c2ccc(-c3cc(-c4ccccc4)nc(-c4ccc(-c5nc6ccc(-c7cc8ccccc8c8ccccc78)cc6c6sc7ccccc7c56)cc4)n3)cc2)cc1. The van der Waals surface area contributed by atoms with Gasteiger partial charge in [0.1, 0.15) is 0 Å². The van der Waals surface area contributed by atoms with Crippen molar-refractivity contribution in [1.82, 2.24) is 29.9 Å². The average molecular weight is 1510 g/mol. The summed E-state index contributed by atoms with van der Waals surface area (Å²) >= 11 is 3.70. The van der Waals surface area contributed by atoms with E-state index in [0.717, 1.165) is 89.7 Å². The van der Waals surface area contributed by atoms with Gasteiger partial charge in [-0.2, -0.15) is 0 Å². The Morgan fingerprint density at radius 1 is 0.172 bits per heavy atom. The average Bonchev–Trinajstić information content (AvgIpc) is 1.55. The van der Waals surface area contributed by atoms with Crippen LogP contribution in [0.3, 0.4) is 0 Å². The summed E-state index contributed by atoms with van der Waals surface area (Å²) in [5.74, 6) is 1.37. The van der Waals surface area contributed by atoms with Crippen molar-refractivity contribution < 1.29 is 0 Å². The van der Waals surface area contributed by atoms with Gasteiger partial charge < -0.3 is 0 Å². The highest BCUT2D eigenvalue weighted by atomic mass is 32.1. The standard InChI is InChI=1S/C57H35N3S.C51H31N3S/c1-3-13-36(14-4-1)37-23-25-39(26-24-37)52-35-51(38-15-5-2-6-16-38)59-57(60-52)41-29-27-40(28-30-41)55-54-47-21-11-12-22-53(47)61-56(54)49-34-43(31-32-50(49)58-55)48-33-42-17-7-8-18-44(42)45-19-9-10-20-46(45)48;1-3-13-32(14-4-1)45-31-46(33-15-5-2-6-16-33)54-51(53-45)35-25-23-34(24-26-35)49-48-41-21-11-12-22-47(41)55-50(48)43-30-37(27-28-44(43)52-49)42-29-36-17-7-8-18-38(36)39-19-9-10-20-40(39)42/h1-35H;1-31H. The number of thiophene rings is 2. The highest BCUT2D eigenvalue weighted by molar-refractivity contribution is 7.27. The van der Waals surface area contributed by atoms with E-state index in [-0.39, 0.29) is 0 Å². The Morgan fingerprint density at radius 2 is 0.457 bits per heavy atom. The molecule has 0 aliphatic rings. The molecule has 0 spiro atoms. The number of benzene rings is 17. The third-order valence-electron chi connectivity index (χ3n) is 22.6. The molecular weight excluding hydrogens is 1450 g/mol. The van der Waals surface area contributed by atoms with Gasteiger partial charge in [0.25, 0.3) is 0 Å². The normalized spacial score (nSPS) is 11.6. The Morgan fingerprint density at radius 3 is 0.853 bits per heavy atom. The van der Waals surface area contributed by atoms with E-state index in [1.807, 2.05) is 71.2 Å². The molecule has 0 aliphatic carbocycles. The molecule has 0 unspecified atom stereocenters. The molecule has 0 bridgehead atoms. The molecule has 0 atom stereocenters. The molecule has 116 heavy (non-hydrogen) atoms. The van der Waals surface area contributed by atoms with Crippen LogP contribution >= 0.6 is 22.7 Å². The maximum atomic E-state index is 5.46. The van der Waals surface area contributed by atoms with Gasteiger partial charge in [0.15, 0.2) is 11.6 Å². The van der Waals surface area contributed by atoms with Gasteiger partial charge in [0, 0.05) is 95.6 Å². The van der Waals surface area contributed by atoms with Gasteiger partial charge >= 0.3 is 0 Å². The predicted octanol–water partition coefficient (Wildman–Crippen LogP) is 29.7. The predicted molar refractivity (Wildman–Crippen MR) is 490 cm³/mol. The fourth-order valence-electron chi connectivity index (χ4n) is 16.9. The first-order valence-corrected chi connectivity index (χ1v) is 40.7. The van der Waals surface area contributed by atoms with Gasteiger partial charge in [-0.3, -0.25) is 0 Å². The van der Waals surface area contributed by atoms with Crippen LogP contribution in [-0.2, 0) is 0 Å². The molecule has 0 fully saturated rings. The van der Waals surface area contributed by atoms with Crippen LogP contribution in [0.5, 0.6) is 0 Å². The second-order valence-corrected chi connectivity index (χ2v) is 31.6. The monoisotopic (exact) mass is 1510 g/mol. The summed E-state index contributed by atoms with van der Waals surface area (Å²) in [7, 11) is 0.